The van der Waals surface area contributed by atoms with Crippen molar-refractivity contribution in [3.63, 3.8) is 0 Å². The van der Waals surface area contributed by atoms with Gasteiger partial charge < -0.3 is 9.67 Å². The van der Waals surface area contributed by atoms with Gasteiger partial charge in [0.15, 0.2) is 11.6 Å². The normalized spacial score (nSPS) is 10.9. The third-order valence-corrected chi connectivity index (χ3v) is 2.86. The number of aliphatic hydroxyl groups excluding tert-OH is 1. The molecular formula is C13H16FN3O. The van der Waals surface area contributed by atoms with Gasteiger partial charge in [0, 0.05) is 12.1 Å². The van der Waals surface area contributed by atoms with Crippen molar-refractivity contribution in [3.8, 4) is 11.4 Å². The van der Waals surface area contributed by atoms with Crippen LogP contribution in [0.5, 0.6) is 0 Å². The lowest BCUT2D eigenvalue weighted by atomic mass is 10.1. The fourth-order valence-corrected chi connectivity index (χ4v) is 1.95. The number of halogens is 1. The molecule has 0 saturated heterocycles. The van der Waals surface area contributed by atoms with Gasteiger partial charge in [0.1, 0.15) is 12.4 Å². The highest BCUT2D eigenvalue weighted by Gasteiger charge is 2.14. The molecule has 2 rings (SSSR count). The second-order valence-electron chi connectivity index (χ2n) is 4.21. The Morgan fingerprint density at radius 2 is 2.11 bits per heavy atom. The third kappa shape index (κ3) is 2.26. The van der Waals surface area contributed by atoms with Gasteiger partial charge in [-0.15, -0.1) is 10.2 Å². The minimum atomic E-state index is -0.299. The van der Waals surface area contributed by atoms with Crippen LogP contribution in [0.4, 0.5) is 4.39 Å². The van der Waals surface area contributed by atoms with E-state index < -0.39 is 0 Å². The molecule has 5 heteroatoms. The lowest BCUT2D eigenvalue weighted by molar-refractivity contribution is 0.264. The number of hydrogen-bond acceptors (Lipinski definition) is 3. The average Bonchev–Trinajstić information content (AvgIpc) is 2.76. The fourth-order valence-electron chi connectivity index (χ4n) is 1.95. The number of nitrogens with zero attached hydrogens (tertiary/aromatic N) is 3. The van der Waals surface area contributed by atoms with Crippen LogP contribution in [-0.4, -0.2) is 19.9 Å². The Hall–Kier alpha value is -1.75. The number of aliphatic hydroxyl groups is 1. The van der Waals surface area contributed by atoms with Crippen molar-refractivity contribution in [2.24, 2.45) is 0 Å². The van der Waals surface area contributed by atoms with Gasteiger partial charge in [-0.3, -0.25) is 0 Å². The van der Waals surface area contributed by atoms with E-state index in [4.69, 9.17) is 0 Å². The molecule has 4 nitrogen and oxygen atoms in total. The topological polar surface area (TPSA) is 50.9 Å². The van der Waals surface area contributed by atoms with E-state index >= 15 is 0 Å². The quantitative estimate of drug-likeness (QED) is 0.904. The number of benzene rings is 1. The second-order valence-corrected chi connectivity index (χ2v) is 4.21. The van der Waals surface area contributed by atoms with E-state index in [0.717, 1.165) is 17.5 Å². The Labute approximate surface area is 105 Å². The Kier molecular flexibility index (Phi) is 3.72. The lowest BCUT2D eigenvalue weighted by Crippen LogP contribution is -2.06. The highest BCUT2D eigenvalue weighted by atomic mass is 19.1. The summed E-state index contributed by atoms with van der Waals surface area (Å²) >= 11 is 0. The summed E-state index contributed by atoms with van der Waals surface area (Å²) in [6, 6.07) is 4.59. The van der Waals surface area contributed by atoms with Crippen LogP contribution < -0.4 is 0 Å². The van der Waals surface area contributed by atoms with Crippen molar-refractivity contribution >= 4 is 0 Å². The second kappa shape index (κ2) is 5.27. The Morgan fingerprint density at radius 3 is 2.78 bits per heavy atom. The maximum atomic E-state index is 13.3. The van der Waals surface area contributed by atoms with Gasteiger partial charge in [-0.25, -0.2) is 4.39 Å². The summed E-state index contributed by atoms with van der Waals surface area (Å²) in [5.74, 6) is 0.820. The first kappa shape index (κ1) is 12.7. The summed E-state index contributed by atoms with van der Waals surface area (Å²) in [5, 5.41) is 17.2. The van der Waals surface area contributed by atoms with E-state index in [1.807, 2.05) is 18.4 Å². The zero-order valence-electron chi connectivity index (χ0n) is 10.5. The van der Waals surface area contributed by atoms with Crippen molar-refractivity contribution in [1.82, 2.24) is 14.8 Å². The molecule has 1 aromatic heterocycles. The largest absolute Gasteiger partial charge is 0.388 e. The first-order chi connectivity index (χ1) is 8.67. The molecule has 0 radical (unpaired) electrons. The maximum Gasteiger partial charge on any atom is 0.164 e. The molecule has 96 valence electrons. The molecule has 1 N–H and O–H groups in total. The first-order valence-electron chi connectivity index (χ1n) is 5.96. The van der Waals surface area contributed by atoms with Gasteiger partial charge in [-0.1, -0.05) is 13.0 Å². The van der Waals surface area contributed by atoms with Crippen LogP contribution in [0.15, 0.2) is 18.2 Å². The summed E-state index contributed by atoms with van der Waals surface area (Å²) in [7, 11) is 0. The number of aromatic nitrogens is 3. The van der Waals surface area contributed by atoms with Crippen LogP contribution in [0, 0.1) is 12.7 Å². The molecule has 0 spiro atoms. The van der Waals surface area contributed by atoms with Crippen LogP contribution in [0.1, 0.15) is 24.7 Å². The number of hydrogen-bond donors (Lipinski definition) is 1. The van der Waals surface area contributed by atoms with Gasteiger partial charge in [0.05, 0.1) is 0 Å². The summed E-state index contributed by atoms with van der Waals surface area (Å²) in [5.41, 5.74) is 1.65. The molecule has 0 bridgehead atoms. The summed E-state index contributed by atoms with van der Waals surface area (Å²) in [4.78, 5) is 0. The van der Waals surface area contributed by atoms with E-state index in [9.17, 15) is 9.50 Å². The van der Waals surface area contributed by atoms with Gasteiger partial charge in [0.25, 0.3) is 0 Å². The Balaban J connectivity index is 2.56. The Bertz CT molecular complexity index is 551. The van der Waals surface area contributed by atoms with Crippen LogP contribution in [-0.2, 0) is 13.2 Å². The minimum Gasteiger partial charge on any atom is -0.388 e. The lowest BCUT2D eigenvalue weighted by Gasteiger charge is -2.09. The van der Waals surface area contributed by atoms with E-state index in [1.165, 1.54) is 12.1 Å². The molecule has 1 heterocycles. The summed E-state index contributed by atoms with van der Waals surface area (Å²) < 4.78 is 15.2. The fraction of sp³-hybridized carbons (Fsp3) is 0.385. The standard InChI is InChI=1S/C13H16FN3O/c1-3-6-17-12(8-18)15-16-13(17)11-7-10(14)5-4-9(11)2/h4-5,7,18H,3,6,8H2,1-2H3. The smallest absolute Gasteiger partial charge is 0.164 e. The monoisotopic (exact) mass is 249 g/mol. The van der Waals surface area contributed by atoms with Gasteiger partial charge >= 0.3 is 0 Å². The molecule has 0 atom stereocenters. The van der Waals surface area contributed by atoms with Crippen molar-refractivity contribution in [1.29, 1.82) is 0 Å². The molecule has 0 aliphatic heterocycles. The third-order valence-electron chi connectivity index (χ3n) is 2.86. The van der Waals surface area contributed by atoms with Gasteiger partial charge in [-0.2, -0.15) is 0 Å². The van der Waals surface area contributed by atoms with E-state index in [-0.39, 0.29) is 12.4 Å². The van der Waals surface area contributed by atoms with Crippen molar-refractivity contribution in [2.45, 2.75) is 33.4 Å². The molecule has 0 amide bonds. The molecule has 2 aromatic rings. The zero-order chi connectivity index (χ0) is 13.1. The minimum absolute atomic E-state index is 0.165. The van der Waals surface area contributed by atoms with E-state index in [2.05, 4.69) is 10.2 Å². The molecule has 0 aliphatic carbocycles. The van der Waals surface area contributed by atoms with E-state index in [0.29, 0.717) is 18.2 Å². The predicted octanol–water partition coefficient (Wildman–Crippen LogP) is 2.29. The average molecular weight is 249 g/mol. The van der Waals surface area contributed by atoms with Gasteiger partial charge in [0.2, 0.25) is 0 Å². The Morgan fingerprint density at radius 1 is 1.33 bits per heavy atom. The predicted molar refractivity (Wildman–Crippen MR) is 66.4 cm³/mol. The zero-order valence-corrected chi connectivity index (χ0v) is 10.5. The summed E-state index contributed by atoms with van der Waals surface area (Å²) in [6.07, 6.45) is 0.895. The molecule has 0 fully saturated rings. The molecule has 0 aliphatic rings. The molecule has 18 heavy (non-hydrogen) atoms. The van der Waals surface area contributed by atoms with Crippen molar-refractivity contribution < 1.29 is 9.50 Å². The highest BCUT2D eigenvalue weighted by Crippen LogP contribution is 2.23. The van der Waals surface area contributed by atoms with Crippen LogP contribution in [0.3, 0.4) is 0 Å². The van der Waals surface area contributed by atoms with Crippen molar-refractivity contribution in [3.05, 3.63) is 35.4 Å². The molecule has 1 aromatic carbocycles. The highest BCUT2D eigenvalue weighted by molar-refractivity contribution is 5.60. The molecule has 0 unspecified atom stereocenters. The van der Waals surface area contributed by atoms with E-state index in [1.54, 1.807) is 6.07 Å². The van der Waals surface area contributed by atoms with Crippen LogP contribution in [0.25, 0.3) is 11.4 Å². The van der Waals surface area contributed by atoms with Gasteiger partial charge in [-0.05, 0) is 31.0 Å². The molecular weight excluding hydrogens is 233 g/mol. The first-order valence-corrected chi connectivity index (χ1v) is 5.96. The molecule has 0 saturated carbocycles. The summed E-state index contributed by atoms with van der Waals surface area (Å²) in [6.45, 7) is 4.47. The SMILES string of the molecule is CCCn1c(CO)nnc1-c1cc(F)ccc1C. The maximum absolute atomic E-state index is 13.3. The van der Waals surface area contributed by atoms with Crippen LogP contribution in [0.2, 0.25) is 0 Å². The van der Waals surface area contributed by atoms with Crippen molar-refractivity contribution in [2.75, 3.05) is 0 Å². The number of rotatable bonds is 4. The number of aryl methyl sites for hydroxylation is 1. The van der Waals surface area contributed by atoms with Crippen LogP contribution >= 0.6 is 0 Å².